The molecule has 270 valence electrons. The summed E-state index contributed by atoms with van der Waals surface area (Å²) in [6, 6.07) is 11.6. The number of nitrogens with one attached hydrogen (secondary N) is 1. The summed E-state index contributed by atoms with van der Waals surface area (Å²) >= 11 is 6.45. The molecule has 2 saturated carbocycles. The predicted octanol–water partition coefficient (Wildman–Crippen LogP) is 6.64. The highest BCUT2D eigenvalue weighted by Gasteiger charge is 2.46. The molecule has 1 spiro atoms. The lowest BCUT2D eigenvalue weighted by molar-refractivity contribution is -0.137. The van der Waals surface area contributed by atoms with E-state index in [0.29, 0.717) is 42.7 Å². The van der Waals surface area contributed by atoms with E-state index in [1.54, 1.807) is 27.0 Å². The fourth-order valence-electron chi connectivity index (χ4n) is 8.90. The fraction of sp³-hybridized carbons (Fsp3) is 0.590. The number of fused-ring (bicyclic) bond motifs is 4. The number of aliphatic hydroxyl groups is 1. The van der Waals surface area contributed by atoms with E-state index in [2.05, 4.69) is 38.3 Å². The van der Waals surface area contributed by atoms with Gasteiger partial charge in [0, 0.05) is 42.1 Å². The van der Waals surface area contributed by atoms with Crippen molar-refractivity contribution in [3.8, 4) is 5.75 Å². The van der Waals surface area contributed by atoms with Gasteiger partial charge < -0.3 is 19.5 Å². The molecule has 5 aliphatic rings. The Hall–Kier alpha value is -2.92. The molecule has 0 radical (unpaired) electrons. The maximum atomic E-state index is 14.7. The van der Waals surface area contributed by atoms with Crippen molar-refractivity contribution in [1.82, 2.24) is 4.72 Å². The Kier molecular flexibility index (Phi) is 9.63. The van der Waals surface area contributed by atoms with Crippen LogP contribution in [0.3, 0.4) is 0 Å². The molecule has 3 aliphatic carbocycles. The van der Waals surface area contributed by atoms with Crippen molar-refractivity contribution >= 4 is 39.0 Å². The van der Waals surface area contributed by atoms with Crippen molar-refractivity contribution in [3.05, 3.63) is 70.3 Å². The highest BCUT2D eigenvalue weighted by atomic mass is 35.5. The molecule has 2 heterocycles. The number of benzene rings is 2. The number of rotatable bonds is 3. The van der Waals surface area contributed by atoms with Crippen molar-refractivity contribution in [3.63, 3.8) is 0 Å². The second-order valence-electron chi connectivity index (χ2n) is 15.9. The van der Waals surface area contributed by atoms with Gasteiger partial charge in [-0.3, -0.25) is 14.3 Å². The lowest BCUT2D eigenvalue weighted by atomic mass is 9.68. The Morgan fingerprint density at radius 3 is 2.70 bits per heavy atom. The molecule has 7 rings (SSSR count). The molecule has 2 aliphatic heterocycles. The van der Waals surface area contributed by atoms with Gasteiger partial charge in [-0.15, -0.1) is 4.36 Å². The van der Waals surface area contributed by atoms with Crippen molar-refractivity contribution in [2.45, 2.75) is 94.5 Å². The van der Waals surface area contributed by atoms with Crippen LogP contribution in [0.2, 0.25) is 5.02 Å². The summed E-state index contributed by atoms with van der Waals surface area (Å²) in [5, 5.41) is 10.4. The Balaban J connectivity index is 1.30. The van der Waals surface area contributed by atoms with E-state index in [1.807, 2.05) is 25.1 Å². The largest absolute Gasteiger partial charge is 0.490 e. The average molecular weight is 724 g/mol. The number of nitrogens with zero attached hydrogens (tertiary/aromatic N) is 2. The first-order valence-corrected chi connectivity index (χ1v) is 20.1. The highest BCUT2D eigenvalue weighted by Crippen LogP contribution is 2.47. The molecule has 2 bridgehead atoms. The zero-order valence-corrected chi connectivity index (χ0v) is 31.1. The zero-order valence-electron chi connectivity index (χ0n) is 29.5. The van der Waals surface area contributed by atoms with E-state index >= 15 is 0 Å². The van der Waals surface area contributed by atoms with E-state index < -0.39 is 38.5 Å². The van der Waals surface area contributed by atoms with E-state index in [1.165, 1.54) is 11.1 Å². The number of methoxy groups -OCH3 is 1. The second kappa shape index (κ2) is 13.6. The molecule has 2 fully saturated rings. The molecule has 2 aromatic rings. The molecule has 2 amide bonds. The number of hydrogen-bond acceptors (Lipinski definition) is 7. The summed E-state index contributed by atoms with van der Waals surface area (Å²) in [4.78, 5) is 29.8. The van der Waals surface area contributed by atoms with Crippen LogP contribution in [0.5, 0.6) is 5.75 Å². The summed E-state index contributed by atoms with van der Waals surface area (Å²) in [6.45, 7) is 7.43. The van der Waals surface area contributed by atoms with Gasteiger partial charge in [-0.2, -0.15) is 0 Å². The standard InChI is InChI=1S/C39H50ClN3O6S/c1-24-7-5-9-34(48-4)31-13-10-28(31)21-43-22-39(16-6-8-26-17-30(40)12-14-32(26)39)23-49-35-15-11-27(18-33(35)43)36(44)41-50(47,25(24)2)42-37(45)29-19-38(3,46)20-29/h5,9,11-12,14-15,17-18,24-25,28-29,31,34,46H,6-8,10,13,16,19-23H2,1-4H3,(H,41,42,44,45,47)/b9-5+/t24-,25+,28-,29?,31+,34-,38?,39-,50?/m0/s1. The van der Waals surface area contributed by atoms with Crippen molar-refractivity contribution in [2.75, 3.05) is 31.7 Å². The summed E-state index contributed by atoms with van der Waals surface area (Å²) in [5.74, 6) is -0.316. The van der Waals surface area contributed by atoms with Crippen LogP contribution in [-0.4, -0.2) is 64.9 Å². The third-order valence-corrected chi connectivity index (χ3v) is 14.9. The van der Waals surface area contributed by atoms with Crippen LogP contribution in [-0.2, 0) is 31.3 Å². The maximum Gasteiger partial charge on any atom is 0.286 e. The van der Waals surface area contributed by atoms with Gasteiger partial charge in [0.2, 0.25) is 5.91 Å². The maximum absolute atomic E-state index is 14.7. The van der Waals surface area contributed by atoms with Gasteiger partial charge in [-0.05, 0) is 124 Å². The molecule has 0 aromatic heterocycles. The number of ether oxygens (including phenoxy) is 2. The van der Waals surface area contributed by atoms with Crippen LogP contribution in [0.1, 0.15) is 87.2 Å². The van der Waals surface area contributed by atoms with Gasteiger partial charge in [-0.25, -0.2) is 4.21 Å². The first kappa shape index (κ1) is 35.5. The van der Waals surface area contributed by atoms with Crippen molar-refractivity contribution in [1.29, 1.82) is 0 Å². The molecule has 50 heavy (non-hydrogen) atoms. The van der Waals surface area contributed by atoms with E-state index in [9.17, 15) is 18.9 Å². The molecule has 2 aromatic carbocycles. The average Bonchev–Trinajstić information content (AvgIpc) is 3.20. The molecule has 1 unspecified atom stereocenters. The second-order valence-corrected chi connectivity index (χ2v) is 18.6. The highest BCUT2D eigenvalue weighted by molar-refractivity contribution is 7.93. The van der Waals surface area contributed by atoms with Gasteiger partial charge >= 0.3 is 0 Å². The summed E-state index contributed by atoms with van der Waals surface area (Å²) in [6.07, 6.45) is 10.4. The van der Waals surface area contributed by atoms with Crippen LogP contribution in [0.4, 0.5) is 5.69 Å². The minimum absolute atomic E-state index is 0.0635. The van der Waals surface area contributed by atoms with Gasteiger partial charge in [0.05, 0.1) is 29.2 Å². The number of carbonyl (C=O) groups excluding carboxylic acids is 2. The Labute approximate surface area is 301 Å². The monoisotopic (exact) mass is 723 g/mol. The summed E-state index contributed by atoms with van der Waals surface area (Å²) in [7, 11) is -1.79. The quantitative estimate of drug-likeness (QED) is 0.341. The molecular formula is C39H50ClN3O6S. The summed E-state index contributed by atoms with van der Waals surface area (Å²) < 4.78 is 34.5. The number of halogens is 1. The number of allylic oxidation sites excluding steroid dienone is 1. The smallest absolute Gasteiger partial charge is 0.286 e. The van der Waals surface area contributed by atoms with E-state index in [0.717, 1.165) is 49.4 Å². The first-order chi connectivity index (χ1) is 23.8. The molecule has 7 atom stereocenters. The number of aryl methyl sites for hydroxylation is 1. The number of anilines is 1. The minimum atomic E-state index is -3.56. The van der Waals surface area contributed by atoms with Crippen LogP contribution in [0, 0.1) is 23.7 Å². The van der Waals surface area contributed by atoms with E-state index in [-0.39, 0.29) is 30.3 Å². The number of hydrogen-bond donors (Lipinski definition) is 2. The third-order valence-electron chi connectivity index (χ3n) is 12.3. The van der Waals surface area contributed by atoms with E-state index in [4.69, 9.17) is 21.1 Å². The Morgan fingerprint density at radius 2 is 1.98 bits per heavy atom. The first-order valence-electron chi connectivity index (χ1n) is 18.1. The van der Waals surface area contributed by atoms with Crippen molar-refractivity contribution < 1.29 is 28.4 Å². The molecule has 2 N–H and O–H groups in total. The van der Waals surface area contributed by atoms with Crippen LogP contribution < -0.4 is 14.4 Å². The molecule has 9 nitrogen and oxygen atoms in total. The molecular weight excluding hydrogens is 674 g/mol. The number of amides is 2. The lowest BCUT2D eigenvalue weighted by Crippen LogP contribution is -2.51. The topological polar surface area (TPSA) is 118 Å². The number of carbonyl (C=O) groups is 2. The zero-order chi connectivity index (χ0) is 35.4. The minimum Gasteiger partial charge on any atom is -0.490 e. The van der Waals surface area contributed by atoms with Gasteiger partial charge in [-0.1, -0.05) is 36.7 Å². The molecule has 0 saturated heterocycles. The van der Waals surface area contributed by atoms with Crippen LogP contribution in [0.25, 0.3) is 0 Å². The van der Waals surface area contributed by atoms with Gasteiger partial charge in [0.1, 0.15) is 15.7 Å². The predicted molar refractivity (Wildman–Crippen MR) is 196 cm³/mol. The third kappa shape index (κ3) is 6.73. The lowest BCUT2D eigenvalue weighted by Gasteiger charge is -2.46. The SMILES string of the molecule is CO[C@H]1/C=C/C[C@H](C)[C@@H](C)S(=O)(NC(=O)C2CC(C)(O)C2)=NC(=O)c2ccc3c(c2)N(C[C@@H]2CC[C@H]21)C[C@@]1(CCCc2cc(Cl)ccc21)CO3. The van der Waals surface area contributed by atoms with Crippen LogP contribution >= 0.6 is 11.6 Å². The van der Waals surface area contributed by atoms with Crippen LogP contribution in [0.15, 0.2) is 52.9 Å². The normalized spacial score (nSPS) is 37.5. The molecule has 11 heteroatoms. The Bertz CT molecular complexity index is 1810. The summed E-state index contributed by atoms with van der Waals surface area (Å²) in [5.41, 5.74) is 2.46. The Morgan fingerprint density at radius 1 is 1.18 bits per heavy atom. The van der Waals surface area contributed by atoms with Gasteiger partial charge in [0.15, 0.2) is 0 Å². The fourth-order valence-corrected chi connectivity index (χ4v) is 11.0. The van der Waals surface area contributed by atoms with Gasteiger partial charge in [0.25, 0.3) is 5.91 Å². The van der Waals surface area contributed by atoms with Crippen molar-refractivity contribution in [2.24, 2.45) is 28.0 Å².